The Balaban J connectivity index is 1.68. The average molecular weight is 526 g/mol. The van der Waals surface area contributed by atoms with Crippen molar-refractivity contribution in [2.24, 2.45) is 0 Å². The maximum absolute atomic E-state index is 12.8. The molecule has 0 saturated carbocycles. The van der Waals surface area contributed by atoms with Gasteiger partial charge >= 0.3 is 0 Å². The summed E-state index contributed by atoms with van der Waals surface area (Å²) in [5.74, 6) is 0.945. The first kappa shape index (κ1) is 25.3. The fourth-order valence-corrected chi connectivity index (χ4v) is 5.04. The Kier molecular flexibility index (Phi) is 8.16. The van der Waals surface area contributed by atoms with Crippen LogP contribution in [-0.2, 0) is 11.2 Å². The summed E-state index contributed by atoms with van der Waals surface area (Å²) in [6.45, 7) is 6.37. The fourth-order valence-electron chi connectivity index (χ4n) is 3.80. The molecule has 0 bridgehead atoms. The van der Waals surface area contributed by atoms with Gasteiger partial charge in [-0.15, -0.1) is 10.2 Å². The van der Waals surface area contributed by atoms with Crippen LogP contribution >= 0.6 is 35.0 Å². The number of hydrogen-bond donors (Lipinski definition) is 1. The van der Waals surface area contributed by atoms with Crippen molar-refractivity contribution < 1.29 is 4.79 Å². The smallest absolute Gasteiger partial charge is 0.234 e. The van der Waals surface area contributed by atoms with Crippen molar-refractivity contribution in [2.75, 3.05) is 11.1 Å². The topological polar surface area (TPSA) is 59.8 Å². The van der Waals surface area contributed by atoms with E-state index in [1.165, 1.54) is 17.3 Å². The monoisotopic (exact) mass is 524 g/mol. The molecule has 0 atom stereocenters. The molecule has 0 spiro atoms. The molecule has 1 amide bonds. The quantitative estimate of drug-likeness (QED) is 0.240. The number of thioether (sulfide) groups is 1. The number of para-hydroxylation sites is 1. The van der Waals surface area contributed by atoms with E-state index in [9.17, 15) is 4.79 Å². The molecule has 0 fully saturated rings. The Morgan fingerprint density at radius 3 is 2.57 bits per heavy atom. The second-order valence-corrected chi connectivity index (χ2v) is 10.2. The van der Waals surface area contributed by atoms with Crippen molar-refractivity contribution in [3.63, 3.8) is 0 Å². The molecule has 35 heavy (non-hydrogen) atoms. The number of aromatic nitrogens is 3. The molecule has 4 rings (SSSR count). The first-order valence-corrected chi connectivity index (χ1v) is 13.1. The van der Waals surface area contributed by atoms with Crippen LogP contribution in [0.4, 0.5) is 5.69 Å². The summed E-state index contributed by atoms with van der Waals surface area (Å²) in [5.41, 5.74) is 4.77. The fraction of sp³-hybridized carbons (Fsp3) is 0.222. The lowest BCUT2D eigenvalue weighted by Gasteiger charge is -2.17. The minimum absolute atomic E-state index is 0.110. The van der Waals surface area contributed by atoms with Gasteiger partial charge in [0.25, 0.3) is 0 Å². The highest BCUT2D eigenvalue weighted by atomic mass is 35.5. The molecule has 0 aliphatic heterocycles. The van der Waals surface area contributed by atoms with Crippen molar-refractivity contribution in [1.29, 1.82) is 0 Å². The minimum atomic E-state index is -0.110. The number of hydrogen-bond acceptors (Lipinski definition) is 4. The van der Waals surface area contributed by atoms with E-state index < -0.39 is 0 Å². The van der Waals surface area contributed by atoms with Crippen molar-refractivity contribution in [2.45, 2.75) is 38.3 Å². The van der Waals surface area contributed by atoms with Crippen LogP contribution in [0.3, 0.4) is 0 Å². The highest BCUT2D eigenvalue weighted by Gasteiger charge is 2.21. The SMILES string of the molecule is CCc1cccc(NC(=O)CSc2nnc(-c3ccc(Cl)cc3Cl)n2-c2ccccc2C(C)C)c1. The normalized spacial score (nSPS) is 11.1. The molecule has 0 unspecified atom stereocenters. The van der Waals surface area contributed by atoms with Gasteiger partial charge in [0.2, 0.25) is 5.91 Å². The number of aryl methyl sites for hydroxylation is 1. The molecule has 3 aromatic carbocycles. The van der Waals surface area contributed by atoms with Gasteiger partial charge in [0.1, 0.15) is 0 Å². The standard InChI is InChI=1S/C27H26Cl2N4OS/c1-4-18-8-7-9-20(14-18)30-25(34)16-35-27-32-31-26(22-13-12-19(28)15-23(22)29)33(27)24-11-6-5-10-21(24)17(2)3/h5-15,17H,4,16H2,1-3H3,(H,30,34). The van der Waals surface area contributed by atoms with Crippen LogP contribution in [0.2, 0.25) is 10.0 Å². The van der Waals surface area contributed by atoms with Crippen molar-refractivity contribution in [3.05, 3.63) is 87.9 Å². The Labute approximate surface area is 219 Å². The minimum Gasteiger partial charge on any atom is -0.325 e. The number of amides is 1. The highest BCUT2D eigenvalue weighted by molar-refractivity contribution is 7.99. The number of carbonyl (C=O) groups is 1. The molecule has 0 saturated heterocycles. The molecular weight excluding hydrogens is 499 g/mol. The van der Waals surface area contributed by atoms with E-state index in [-0.39, 0.29) is 17.6 Å². The first-order chi connectivity index (χ1) is 16.9. The van der Waals surface area contributed by atoms with Crippen LogP contribution in [0.25, 0.3) is 17.1 Å². The van der Waals surface area contributed by atoms with Gasteiger partial charge in [-0.1, -0.05) is 86.1 Å². The number of carbonyl (C=O) groups excluding carboxylic acids is 1. The van der Waals surface area contributed by atoms with Gasteiger partial charge in [-0.3, -0.25) is 9.36 Å². The second kappa shape index (κ2) is 11.3. The molecule has 1 aromatic heterocycles. The zero-order chi connectivity index (χ0) is 24.9. The highest BCUT2D eigenvalue weighted by Crippen LogP contribution is 2.35. The second-order valence-electron chi connectivity index (χ2n) is 8.37. The molecule has 0 radical (unpaired) electrons. The van der Waals surface area contributed by atoms with Crippen molar-refractivity contribution in [3.8, 4) is 17.1 Å². The van der Waals surface area contributed by atoms with E-state index in [1.54, 1.807) is 12.1 Å². The Morgan fingerprint density at radius 2 is 1.83 bits per heavy atom. The van der Waals surface area contributed by atoms with Crippen LogP contribution in [-0.4, -0.2) is 26.4 Å². The van der Waals surface area contributed by atoms with Gasteiger partial charge in [-0.25, -0.2) is 0 Å². The summed E-state index contributed by atoms with van der Waals surface area (Å²) in [5, 5.41) is 13.5. The summed E-state index contributed by atoms with van der Waals surface area (Å²) in [6, 6.07) is 21.3. The maximum atomic E-state index is 12.8. The van der Waals surface area contributed by atoms with Crippen LogP contribution in [0.15, 0.2) is 71.9 Å². The van der Waals surface area contributed by atoms with Gasteiger partial charge in [-0.2, -0.15) is 0 Å². The van der Waals surface area contributed by atoms with Gasteiger partial charge in [-0.05, 0) is 59.9 Å². The number of nitrogens with one attached hydrogen (secondary N) is 1. The molecule has 4 aromatic rings. The van der Waals surface area contributed by atoms with E-state index >= 15 is 0 Å². The zero-order valence-corrected chi connectivity index (χ0v) is 22.1. The summed E-state index contributed by atoms with van der Waals surface area (Å²) in [6.07, 6.45) is 0.910. The van der Waals surface area contributed by atoms with E-state index in [1.807, 2.05) is 53.1 Å². The third-order valence-electron chi connectivity index (χ3n) is 5.56. The van der Waals surface area contributed by atoms with Gasteiger partial charge < -0.3 is 5.32 Å². The lowest BCUT2D eigenvalue weighted by molar-refractivity contribution is -0.113. The van der Waals surface area contributed by atoms with Gasteiger partial charge in [0, 0.05) is 16.3 Å². The summed E-state index contributed by atoms with van der Waals surface area (Å²) in [4.78, 5) is 12.8. The Hall–Kier alpha value is -2.80. The van der Waals surface area contributed by atoms with E-state index in [4.69, 9.17) is 23.2 Å². The largest absolute Gasteiger partial charge is 0.325 e. The number of halogens is 2. The molecule has 0 aliphatic carbocycles. The number of rotatable bonds is 8. The molecule has 0 aliphatic rings. The maximum Gasteiger partial charge on any atom is 0.234 e. The van der Waals surface area contributed by atoms with Crippen LogP contribution < -0.4 is 5.32 Å². The number of anilines is 1. The summed E-state index contributed by atoms with van der Waals surface area (Å²) in [7, 11) is 0. The zero-order valence-electron chi connectivity index (χ0n) is 19.8. The molecule has 1 heterocycles. The molecule has 180 valence electrons. The first-order valence-electron chi connectivity index (χ1n) is 11.4. The third kappa shape index (κ3) is 5.89. The summed E-state index contributed by atoms with van der Waals surface area (Å²) < 4.78 is 1.97. The van der Waals surface area contributed by atoms with Gasteiger partial charge in [0.15, 0.2) is 11.0 Å². The lowest BCUT2D eigenvalue weighted by atomic mass is 10.0. The molecule has 1 N–H and O–H groups in total. The van der Waals surface area contributed by atoms with E-state index in [0.29, 0.717) is 21.0 Å². The Bertz CT molecular complexity index is 1350. The predicted molar refractivity (Wildman–Crippen MR) is 146 cm³/mol. The van der Waals surface area contributed by atoms with Crippen molar-refractivity contribution >= 4 is 46.6 Å². The van der Waals surface area contributed by atoms with Crippen LogP contribution in [0, 0.1) is 0 Å². The van der Waals surface area contributed by atoms with Gasteiger partial charge in [0.05, 0.1) is 16.5 Å². The number of nitrogens with zero attached hydrogens (tertiary/aromatic N) is 3. The average Bonchev–Trinajstić information content (AvgIpc) is 3.26. The van der Waals surface area contributed by atoms with Crippen LogP contribution in [0.1, 0.15) is 37.8 Å². The van der Waals surface area contributed by atoms with Crippen molar-refractivity contribution in [1.82, 2.24) is 14.8 Å². The van der Waals surface area contributed by atoms with E-state index in [2.05, 4.69) is 42.4 Å². The van der Waals surface area contributed by atoms with E-state index in [0.717, 1.165) is 28.9 Å². The molecule has 5 nitrogen and oxygen atoms in total. The lowest BCUT2D eigenvalue weighted by Crippen LogP contribution is -2.15. The molecule has 8 heteroatoms. The van der Waals surface area contributed by atoms with Crippen LogP contribution in [0.5, 0.6) is 0 Å². The third-order valence-corrected chi connectivity index (χ3v) is 7.03. The number of benzene rings is 3. The Morgan fingerprint density at radius 1 is 1.03 bits per heavy atom. The summed E-state index contributed by atoms with van der Waals surface area (Å²) >= 11 is 14.0. The molecular formula is C27H26Cl2N4OS. The predicted octanol–water partition coefficient (Wildman–Crippen LogP) is 7.66.